The highest BCUT2D eigenvalue weighted by atomic mass is 16.4. The molecule has 0 rings (SSSR count). The van der Waals surface area contributed by atoms with Crippen molar-refractivity contribution in [1.29, 1.82) is 0 Å². The number of amides is 1. The third-order valence-corrected chi connectivity index (χ3v) is 2.65. The first-order valence-corrected chi connectivity index (χ1v) is 6.27. The maximum atomic E-state index is 11.6. The van der Waals surface area contributed by atoms with Crippen LogP contribution in [-0.2, 0) is 9.59 Å². The van der Waals surface area contributed by atoms with Gasteiger partial charge in [0.25, 0.3) is 0 Å². The van der Waals surface area contributed by atoms with E-state index >= 15 is 0 Å². The van der Waals surface area contributed by atoms with Gasteiger partial charge in [0.1, 0.15) is 0 Å². The smallest absolute Gasteiger partial charge is 0.331 e. The van der Waals surface area contributed by atoms with Crippen LogP contribution >= 0.6 is 0 Å². The first-order valence-electron chi connectivity index (χ1n) is 6.27. The second-order valence-corrected chi connectivity index (χ2v) is 4.41. The molecule has 1 N–H and O–H groups in total. The van der Waals surface area contributed by atoms with Crippen molar-refractivity contribution >= 4 is 11.9 Å². The van der Waals surface area contributed by atoms with Crippen LogP contribution in [0.25, 0.3) is 0 Å². The monoisotopic (exact) mass is 256 g/mol. The van der Waals surface area contributed by atoms with E-state index in [9.17, 15) is 9.59 Å². The quantitative estimate of drug-likeness (QED) is 0.663. The molecule has 0 aromatic carbocycles. The van der Waals surface area contributed by atoms with Crippen molar-refractivity contribution in [2.75, 3.05) is 33.7 Å². The molecule has 0 heterocycles. The highest BCUT2D eigenvalue weighted by Crippen LogP contribution is 2.02. The Hall–Kier alpha value is -1.36. The van der Waals surface area contributed by atoms with Gasteiger partial charge in [-0.15, -0.1) is 0 Å². The van der Waals surface area contributed by atoms with Crippen molar-refractivity contribution in [3.8, 4) is 0 Å². The van der Waals surface area contributed by atoms with Crippen molar-refractivity contribution in [2.24, 2.45) is 0 Å². The van der Waals surface area contributed by atoms with Gasteiger partial charge in [0.05, 0.1) is 6.54 Å². The van der Waals surface area contributed by atoms with Gasteiger partial charge in [-0.25, -0.2) is 4.79 Å². The molecule has 1 amide bonds. The summed E-state index contributed by atoms with van der Waals surface area (Å²) < 4.78 is 0. The highest BCUT2D eigenvalue weighted by molar-refractivity contribution is 5.86. The van der Waals surface area contributed by atoms with E-state index in [1.54, 1.807) is 25.1 Å². The van der Waals surface area contributed by atoms with E-state index in [2.05, 4.69) is 0 Å². The number of hydrogen-bond donors (Lipinski definition) is 1. The number of aliphatic carboxylic acids is 1. The molecule has 5 heteroatoms. The number of carbonyl (C=O) groups is 2. The fraction of sp³-hybridized carbons (Fsp3) is 0.692. The Morgan fingerprint density at radius 1 is 1.22 bits per heavy atom. The summed E-state index contributed by atoms with van der Waals surface area (Å²) in [7, 11) is 3.44. The molecule has 0 saturated carbocycles. The van der Waals surface area contributed by atoms with Crippen LogP contribution in [0.2, 0.25) is 0 Å². The number of rotatable bonds is 8. The first kappa shape index (κ1) is 16.6. The van der Waals surface area contributed by atoms with Crippen LogP contribution in [0.4, 0.5) is 0 Å². The molecule has 18 heavy (non-hydrogen) atoms. The molecule has 0 aliphatic carbocycles. The standard InChI is InChI=1S/C13H24N2O3/c1-5-8-15(10-12(16)14(3)4)9-7-11(6-2)13(17)18/h7H,5-6,8-10H2,1-4H3,(H,17,18). The Kier molecular flexibility index (Phi) is 8.03. The molecule has 0 aliphatic rings. The Bertz CT molecular complexity index is 311. The number of nitrogens with zero attached hydrogens (tertiary/aromatic N) is 2. The Balaban J connectivity index is 4.52. The number of carboxylic acids is 1. The normalized spacial score (nSPS) is 11.7. The number of carboxylic acid groups (broad SMARTS) is 1. The molecule has 0 aromatic rings. The number of carbonyl (C=O) groups excluding carboxylic acids is 1. The average Bonchev–Trinajstić information content (AvgIpc) is 2.29. The van der Waals surface area contributed by atoms with Gasteiger partial charge in [0.15, 0.2) is 0 Å². The molecule has 0 saturated heterocycles. The van der Waals surface area contributed by atoms with Crippen LogP contribution < -0.4 is 0 Å². The summed E-state index contributed by atoms with van der Waals surface area (Å²) in [6, 6.07) is 0. The van der Waals surface area contributed by atoms with Gasteiger partial charge in [-0.1, -0.05) is 19.9 Å². The second kappa shape index (κ2) is 8.69. The van der Waals surface area contributed by atoms with Crippen LogP contribution in [0.15, 0.2) is 11.6 Å². The van der Waals surface area contributed by atoms with E-state index in [0.29, 0.717) is 25.1 Å². The van der Waals surface area contributed by atoms with E-state index in [1.807, 2.05) is 18.7 Å². The molecular weight excluding hydrogens is 232 g/mol. The van der Waals surface area contributed by atoms with Crippen LogP contribution in [0.1, 0.15) is 26.7 Å². The van der Waals surface area contributed by atoms with Crippen molar-refractivity contribution in [3.05, 3.63) is 11.6 Å². The zero-order valence-electron chi connectivity index (χ0n) is 11.8. The lowest BCUT2D eigenvalue weighted by molar-refractivity contribution is -0.132. The summed E-state index contributed by atoms with van der Waals surface area (Å²) in [5.41, 5.74) is 0.397. The van der Waals surface area contributed by atoms with Gasteiger partial charge >= 0.3 is 5.97 Å². The largest absolute Gasteiger partial charge is 0.478 e. The third-order valence-electron chi connectivity index (χ3n) is 2.65. The Morgan fingerprint density at radius 3 is 2.22 bits per heavy atom. The summed E-state index contributed by atoms with van der Waals surface area (Å²) >= 11 is 0. The molecule has 5 nitrogen and oxygen atoms in total. The minimum absolute atomic E-state index is 0.0326. The van der Waals surface area contributed by atoms with E-state index in [1.165, 1.54) is 0 Å². The van der Waals surface area contributed by atoms with E-state index < -0.39 is 5.97 Å². The number of likely N-dealkylation sites (N-methyl/N-ethyl adjacent to an activating group) is 1. The molecule has 0 radical (unpaired) electrons. The van der Waals surface area contributed by atoms with Crippen molar-refractivity contribution in [1.82, 2.24) is 9.80 Å². The van der Waals surface area contributed by atoms with E-state index in [0.717, 1.165) is 13.0 Å². The molecule has 0 unspecified atom stereocenters. The molecule has 0 aromatic heterocycles. The lowest BCUT2D eigenvalue weighted by Crippen LogP contribution is -2.37. The van der Waals surface area contributed by atoms with Gasteiger partial charge in [-0.05, 0) is 19.4 Å². The SMILES string of the molecule is CCCN(CC=C(CC)C(=O)O)CC(=O)N(C)C. The maximum absolute atomic E-state index is 11.6. The molecule has 0 bridgehead atoms. The zero-order valence-corrected chi connectivity index (χ0v) is 11.8. The minimum atomic E-state index is -0.882. The minimum Gasteiger partial charge on any atom is -0.478 e. The van der Waals surface area contributed by atoms with Crippen LogP contribution in [-0.4, -0.2) is 60.5 Å². The van der Waals surface area contributed by atoms with Crippen molar-refractivity contribution in [3.63, 3.8) is 0 Å². The third kappa shape index (κ3) is 6.39. The fourth-order valence-corrected chi connectivity index (χ4v) is 1.51. The summed E-state index contributed by atoms with van der Waals surface area (Å²) in [6.45, 7) is 5.47. The summed E-state index contributed by atoms with van der Waals surface area (Å²) in [5, 5.41) is 8.92. The molecule has 104 valence electrons. The molecule has 0 spiro atoms. The van der Waals surface area contributed by atoms with Gasteiger partial charge in [0, 0.05) is 26.2 Å². The first-order chi connectivity index (χ1) is 8.42. The van der Waals surface area contributed by atoms with E-state index in [4.69, 9.17) is 5.11 Å². The van der Waals surface area contributed by atoms with Gasteiger partial charge in [0.2, 0.25) is 5.91 Å². The van der Waals surface area contributed by atoms with Gasteiger partial charge < -0.3 is 10.0 Å². The Labute approximate surface area is 109 Å². The highest BCUT2D eigenvalue weighted by Gasteiger charge is 2.11. The van der Waals surface area contributed by atoms with Gasteiger partial charge in [-0.3, -0.25) is 9.69 Å². The summed E-state index contributed by atoms with van der Waals surface area (Å²) in [5.74, 6) is -0.849. The molecule has 0 fully saturated rings. The van der Waals surface area contributed by atoms with Crippen molar-refractivity contribution in [2.45, 2.75) is 26.7 Å². The fourth-order valence-electron chi connectivity index (χ4n) is 1.51. The molecule has 0 atom stereocenters. The van der Waals surface area contributed by atoms with Crippen LogP contribution in [0.3, 0.4) is 0 Å². The summed E-state index contributed by atoms with van der Waals surface area (Å²) in [4.78, 5) is 26.0. The Morgan fingerprint density at radius 2 is 1.83 bits per heavy atom. The van der Waals surface area contributed by atoms with Crippen LogP contribution in [0.5, 0.6) is 0 Å². The van der Waals surface area contributed by atoms with E-state index in [-0.39, 0.29) is 5.91 Å². The topological polar surface area (TPSA) is 60.9 Å². The summed E-state index contributed by atoms with van der Waals surface area (Å²) in [6.07, 6.45) is 3.13. The van der Waals surface area contributed by atoms with Crippen molar-refractivity contribution < 1.29 is 14.7 Å². The maximum Gasteiger partial charge on any atom is 0.331 e. The lowest BCUT2D eigenvalue weighted by Gasteiger charge is -2.21. The molecule has 0 aliphatic heterocycles. The average molecular weight is 256 g/mol. The van der Waals surface area contributed by atoms with Gasteiger partial charge in [-0.2, -0.15) is 0 Å². The zero-order chi connectivity index (χ0) is 14.1. The second-order valence-electron chi connectivity index (χ2n) is 4.41. The number of hydrogen-bond acceptors (Lipinski definition) is 3. The predicted octanol–water partition coefficient (Wildman–Crippen LogP) is 1.21. The van der Waals surface area contributed by atoms with Crippen LogP contribution in [0, 0.1) is 0 Å². The lowest BCUT2D eigenvalue weighted by atomic mass is 10.2. The molecular formula is C13H24N2O3. The predicted molar refractivity (Wildman–Crippen MR) is 71.4 cm³/mol.